The molecule has 1 heterocycles. The summed E-state index contributed by atoms with van der Waals surface area (Å²) in [6.45, 7) is 2.50. The topological polar surface area (TPSA) is 58.6 Å². The number of aliphatic hydroxyl groups excluding tert-OH is 1. The van der Waals surface area contributed by atoms with Crippen LogP contribution < -0.4 is 5.32 Å². The van der Waals surface area contributed by atoms with E-state index in [0.29, 0.717) is 36.3 Å². The number of halogens is 4. The highest BCUT2D eigenvalue weighted by Gasteiger charge is 2.48. The van der Waals surface area contributed by atoms with Gasteiger partial charge in [-0.25, -0.2) is 0 Å². The Balaban J connectivity index is 1.65. The predicted molar refractivity (Wildman–Crippen MR) is 121 cm³/mol. The second-order valence-corrected chi connectivity index (χ2v) is 9.26. The summed E-state index contributed by atoms with van der Waals surface area (Å²) in [6, 6.07) is 11.3. The number of hydrogen-bond donors (Lipinski definition) is 2. The first-order valence-electron chi connectivity index (χ1n) is 10.8. The van der Waals surface area contributed by atoms with E-state index in [0.717, 1.165) is 22.3 Å². The van der Waals surface area contributed by atoms with Crippen LogP contribution in [0.1, 0.15) is 42.4 Å². The third-order valence-corrected chi connectivity index (χ3v) is 6.87. The number of aliphatic hydroxyl groups is 1. The van der Waals surface area contributed by atoms with Crippen molar-refractivity contribution in [1.82, 2.24) is 5.32 Å². The summed E-state index contributed by atoms with van der Waals surface area (Å²) < 4.78 is 42.4. The Morgan fingerprint density at radius 3 is 2.36 bits per heavy atom. The van der Waals surface area contributed by atoms with Crippen LogP contribution in [0.25, 0.3) is 16.7 Å². The van der Waals surface area contributed by atoms with Crippen LogP contribution in [0.2, 0.25) is 5.02 Å². The Morgan fingerprint density at radius 2 is 1.76 bits per heavy atom. The summed E-state index contributed by atoms with van der Waals surface area (Å²) in [5.74, 6) is -0.414. The van der Waals surface area contributed by atoms with E-state index in [9.17, 15) is 23.1 Å². The number of carbonyl (C=O) groups excluding carboxylic acids is 1. The van der Waals surface area contributed by atoms with Crippen molar-refractivity contribution >= 4 is 23.1 Å². The molecule has 2 aromatic rings. The van der Waals surface area contributed by atoms with E-state index in [4.69, 9.17) is 16.3 Å². The van der Waals surface area contributed by atoms with E-state index in [2.05, 4.69) is 5.32 Å². The van der Waals surface area contributed by atoms with Gasteiger partial charge in [-0.1, -0.05) is 35.9 Å². The highest BCUT2D eigenvalue weighted by molar-refractivity contribution is 6.30. The molecule has 2 aromatic carbocycles. The lowest BCUT2D eigenvalue weighted by atomic mass is 9.78. The Morgan fingerprint density at radius 1 is 1.12 bits per heavy atom. The molecule has 0 saturated heterocycles. The van der Waals surface area contributed by atoms with E-state index >= 15 is 0 Å². The van der Waals surface area contributed by atoms with Crippen LogP contribution in [0.15, 0.2) is 42.2 Å². The largest absolute Gasteiger partial charge is 0.509 e. The van der Waals surface area contributed by atoms with Crippen LogP contribution in [0.3, 0.4) is 0 Å². The minimum absolute atomic E-state index is 0.0405. The normalized spacial score (nSPS) is 23.3. The molecule has 4 rings (SSSR count). The van der Waals surface area contributed by atoms with Gasteiger partial charge in [0.15, 0.2) is 0 Å². The molecule has 2 N–H and O–H groups in total. The van der Waals surface area contributed by atoms with E-state index in [-0.39, 0.29) is 17.2 Å². The summed E-state index contributed by atoms with van der Waals surface area (Å²) in [5, 5.41) is 14.8. The van der Waals surface area contributed by atoms with E-state index in [1.54, 1.807) is 12.1 Å². The minimum Gasteiger partial charge on any atom is -0.509 e. The van der Waals surface area contributed by atoms with Gasteiger partial charge in [-0.2, -0.15) is 13.2 Å². The monoisotopic (exact) mass is 479 g/mol. The molecular formula is C25H25ClF3NO3. The summed E-state index contributed by atoms with van der Waals surface area (Å²) in [6.07, 6.45) is -3.68. The zero-order valence-electron chi connectivity index (χ0n) is 18.4. The van der Waals surface area contributed by atoms with Gasteiger partial charge in [0.05, 0.1) is 17.2 Å². The van der Waals surface area contributed by atoms with Crippen molar-refractivity contribution in [2.75, 3.05) is 6.61 Å². The maximum absolute atomic E-state index is 13.1. The fourth-order valence-corrected chi connectivity index (χ4v) is 5.04. The highest BCUT2D eigenvalue weighted by atomic mass is 35.5. The summed E-state index contributed by atoms with van der Waals surface area (Å²) >= 11 is 6.01. The van der Waals surface area contributed by atoms with E-state index < -0.39 is 24.4 Å². The van der Waals surface area contributed by atoms with Crippen molar-refractivity contribution in [2.45, 2.75) is 57.3 Å². The third kappa shape index (κ3) is 4.62. The number of aryl methyl sites for hydroxylation is 1. The SMILES string of the molecule is Cc1ccc(-c2ccc(Cl)cc2)c(C)c1C1=C(O)C2(CCC(OCC(F)(F)F)CC2)NC1=O. The maximum atomic E-state index is 13.1. The van der Waals surface area contributed by atoms with Crippen LogP contribution in [0.4, 0.5) is 13.2 Å². The predicted octanol–water partition coefficient (Wildman–Crippen LogP) is 6.28. The molecule has 0 unspecified atom stereocenters. The molecule has 1 amide bonds. The highest BCUT2D eigenvalue weighted by Crippen LogP contribution is 2.44. The molecule has 0 atom stereocenters. The van der Waals surface area contributed by atoms with Gasteiger partial charge in [-0.15, -0.1) is 0 Å². The van der Waals surface area contributed by atoms with Crippen LogP contribution in [-0.4, -0.2) is 35.4 Å². The fraction of sp³-hybridized carbons (Fsp3) is 0.400. The van der Waals surface area contributed by atoms with Gasteiger partial charge >= 0.3 is 6.18 Å². The first-order valence-corrected chi connectivity index (χ1v) is 11.2. The zero-order chi connectivity index (χ0) is 24.0. The van der Waals surface area contributed by atoms with Crippen LogP contribution in [0, 0.1) is 13.8 Å². The average Bonchev–Trinajstić information content (AvgIpc) is 2.98. The summed E-state index contributed by atoms with van der Waals surface area (Å²) in [5.41, 5.74) is 3.49. The second kappa shape index (κ2) is 8.69. The molecule has 0 bridgehead atoms. The number of alkyl halides is 3. The van der Waals surface area contributed by atoms with Gasteiger partial charge in [0, 0.05) is 5.02 Å². The van der Waals surface area contributed by atoms with Crippen molar-refractivity contribution in [3.63, 3.8) is 0 Å². The fourth-order valence-electron chi connectivity index (χ4n) is 4.92. The van der Waals surface area contributed by atoms with Gasteiger partial charge in [-0.3, -0.25) is 4.79 Å². The molecule has 1 fully saturated rings. The zero-order valence-corrected chi connectivity index (χ0v) is 19.1. The molecule has 0 aromatic heterocycles. The first kappa shape index (κ1) is 23.6. The lowest BCUT2D eigenvalue weighted by Gasteiger charge is -2.37. The van der Waals surface area contributed by atoms with E-state index in [1.807, 2.05) is 38.1 Å². The molecule has 1 aliphatic heterocycles. The minimum atomic E-state index is -4.38. The van der Waals surface area contributed by atoms with Gasteiger partial charge in [0.25, 0.3) is 5.91 Å². The quantitative estimate of drug-likeness (QED) is 0.542. The number of nitrogens with one attached hydrogen (secondary N) is 1. The Labute approximate surface area is 195 Å². The van der Waals surface area contributed by atoms with Crippen molar-refractivity contribution in [3.05, 3.63) is 63.9 Å². The summed E-state index contributed by atoms with van der Waals surface area (Å²) in [4.78, 5) is 13.1. The van der Waals surface area contributed by atoms with Gasteiger partial charge < -0.3 is 15.2 Å². The molecule has 1 spiro atoms. The van der Waals surface area contributed by atoms with Crippen LogP contribution in [0.5, 0.6) is 0 Å². The molecule has 1 saturated carbocycles. The summed E-state index contributed by atoms with van der Waals surface area (Å²) in [7, 11) is 0. The number of amides is 1. The van der Waals surface area contributed by atoms with Crippen molar-refractivity contribution in [1.29, 1.82) is 0 Å². The number of benzene rings is 2. The molecule has 176 valence electrons. The Hall–Kier alpha value is -2.51. The standard InChI is InChI=1S/C25H25ClF3NO3/c1-14-3-8-19(16-4-6-17(26)7-5-16)15(2)20(14)21-22(31)24(30-23(21)32)11-9-18(10-12-24)33-13-25(27,28)29/h3-8,18,31H,9-13H2,1-2H3,(H,30,32). The smallest absolute Gasteiger partial charge is 0.411 e. The lowest BCUT2D eigenvalue weighted by Crippen LogP contribution is -2.48. The second-order valence-electron chi connectivity index (χ2n) is 8.82. The first-order chi connectivity index (χ1) is 15.5. The van der Waals surface area contributed by atoms with Gasteiger partial charge in [0.1, 0.15) is 12.4 Å². The van der Waals surface area contributed by atoms with Crippen molar-refractivity contribution < 1.29 is 27.8 Å². The molecule has 0 radical (unpaired) electrons. The van der Waals surface area contributed by atoms with Gasteiger partial charge in [-0.05, 0) is 79.5 Å². The van der Waals surface area contributed by atoms with Crippen molar-refractivity contribution in [3.8, 4) is 11.1 Å². The molecular weight excluding hydrogens is 455 g/mol. The molecule has 1 aliphatic carbocycles. The Kier molecular flexibility index (Phi) is 6.22. The number of rotatable bonds is 4. The number of hydrogen-bond acceptors (Lipinski definition) is 3. The number of carbonyl (C=O) groups is 1. The van der Waals surface area contributed by atoms with Crippen molar-refractivity contribution in [2.24, 2.45) is 0 Å². The average molecular weight is 480 g/mol. The van der Waals surface area contributed by atoms with Crippen LogP contribution in [-0.2, 0) is 9.53 Å². The molecule has 2 aliphatic rings. The van der Waals surface area contributed by atoms with Gasteiger partial charge in [0.2, 0.25) is 0 Å². The Bertz CT molecular complexity index is 1100. The van der Waals surface area contributed by atoms with Crippen LogP contribution >= 0.6 is 11.6 Å². The molecule has 33 heavy (non-hydrogen) atoms. The lowest BCUT2D eigenvalue weighted by molar-refractivity contribution is -0.188. The molecule has 4 nitrogen and oxygen atoms in total. The third-order valence-electron chi connectivity index (χ3n) is 6.62. The number of ether oxygens (including phenoxy) is 1. The maximum Gasteiger partial charge on any atom is 0.411 e. The molecule has 8 heteroatoms. The van der Waals surface area contributed by atoms with E-state index in [1.165, 1.54) is 0 Å².